The quantitative estimate of drug-likeness (QED) is 0.924. The van der Waals surface area contributed by atoms with Crippen LogP contribution in [-0.2, 0) is 0 Å². The van der Waals surface area contributed by atoms with Gasteiger partial charge in [0.15, 0.2) is 0 Å². The van der Waals surface area contributed by atoms with E-state index in [2.05, 4.69) is 12.0 Å². The fourth-order valence-corrected chi connectivity index (χ4v) is 3.06. The standard InChI is InChI=1S/C17H22N4O/c1-12-5-3-4-6-16(12)21-11-14(10-19-21)17(22)20-8-7-15(18)9-13(20)2/h3-6,10-11,13,15H,7-9,18H2,1-2H3/t13-,15-/m1/s1. The molecule has 1 fully saturated rings. The van der Waals surface area contributed by atoms with Gasteiger partial charge in [-0.2, -0.15) is 5.10 Å². The van der Waals surface area contributed by atoms with Crippen molar-refractivity contribution in [3.63, 3.8) is 0 Å². The van der Waals surface area contributed by atoms with Crippen LogP contribution >= 0.6 is 0 Å². The Labute approximate surface area is 130 Å². The fraction of sp³-hybridized carbons (Fsp3) is 0.412. The van der Waals surface area contributed by atoms with E-state index in [1.807, 2.05) is 42.3 Å². The predicted molar refractivity (Wildman–Crippen MR) is 86.0 cm³/mol. The molecule has 0 aliphatic carbocycles. The van der Waals surface area contributed by atoms with Crippen molar-refractivity contribution < 1.29 is 4.79 Å². The fourth-order valence-electron chi connectivity index (χ4n) is 3.06. The van der Waals surface area contributed by atoms with Gasteiger partial charge >= 0.3 is 0 Å². The van der Waals surface area contributed by atoms with Crippen LogP contribution in [0.25, 0.3) is 5.69 Å². The van der Waals surface area contributed by atoms with Gasteiger partial charge in [-0.05, 0) is 38.3 Å². The molecule has 22 heavy (non-hydrogen) atoms. The monoisotopic (exact) mass is 298 g/mol. The number of hydrogen-bond donors (Lipinski definition) is 1. The van der Waals surface area contributed by atoms with Crippen molar-refractivity contribution in [2.45, 2.75) is 38.8 Å². The summed E-state index contributed by atoms with van der Waals surface area (Å²) in [6.07, 6.45) is 5.18. The summed E-state index contributed by atoms with van der Waals surface area (Å²) in [6.45, 7) is 4.81. The molecule has 1 aliphatic heterocycles. The number of aromatic nitrogens is 2. The summed E-state index contributed by atoms with van der Waals surface area (Å²) in [5.74, 6) is 0.0410. The summed E-state index contributed by atoms with van der Waals surface area (Å²) in [7, 11) is 0. The topological polar surface area (TPSA) is 64.2 Å². The summed E-state index contributed by atoms with van der Waals surface area (Å²) in [5, 5.41) is 4.35. The Morgan fingerprint density at radius 3 is 2.86 bits per heavy atom. The highest BCUT2D eigenvalue weighted by atomic mass is 16.2. The number of hydrogen-bond acceptors (Lipinski definition) is 3. The van der Waals surface area contributed by atoms with Crippen LogP contribution in [0, 0.1) is 6.92 Å². The summed E-state index contributed by atoms with van der Waals surface area (Å²) in [5.41, 5.74) is 8.72. The first-order valence-electron chi connectivity index (χ1n) is 7.73. The van der Waals surface area contributed by atoms with Gasteiger partial charge in [-0.25, -0.2) is 4.68 Å². The molecule has 3 rings (SSSR count). The van der Waals surface area contributed by atoms with Crippen molar-refractivity contribution in [1.29, 1.82) is 0 Å². The Balaban J connectivity index is 1.82. The Bertz CT molecular complexity index is 679. The molecule has 1 aliphatic rings. The zero-order chi connectivity index (χ0) is 15.7. The molecule has 1 aromatic carbocycles. The molecule has 0 unspecified atom stereocenters. The Morgan fingerprint density at radius 2 is 2.14 bits per heavy atom. The zero-order valence-corrected chi connectivity index (χ0v) is 13.1. The maximum atomic E-state index is 12.7. The molecule has 5 heteroatoms. The van der Waals surface area contributed by atoms with Crippen molar-refractivity contribution in [2.75, 3.05) is 6.54 Å². The Hall–Kier alpha value is -2.14. The lowest BCUT2D eigenvalue weighted by Gasteiger charge is -2.36. The highest BCUT2D eigenvalue weighted by Gasteiger charge is 2.28. The van der Waals surface area contributed by atoms with Crippen molar-refractivity contribution in [1.82, 2.24) is 14.7 Å². The summed E-state index contributed by atoms with van der Waals surface area (Å²) in [4.78, 5) is 14.6. The number of aryl methyl sites for hydroxylation is 1. The molecule has 5 nitrogen and oxygen atoms in total. The van der Waals surface area contributed by atoms with Gasteiger partial charge in [-0.3, -0.25) is 4.79 Å². The van der Waals surface area contributed by atoms with E-state index in [0.29, 0.717) is 5.56 Å². The van der Waals surface area contributed by atoms with E-state index in [1.165, 1.54) is 0 Å². The molecule has 2 atom stereocenters. The van der Waals surface area contributed by atoms with Crippen molar-refractivity contribution in [2.24, 2.45) is 5.73 Å². The van der Waals surface area contributed by atoms with Crippen LogP contribution < -0.4 is 5.73 Å². The second-order valence-corrected chi connectivity index (χ2v) is 6.09. The molecule has 1 aromatic heterocycles. The molecule has 2 aromatic rings. The summed E-state index contributed by atoms with van der Waals surface area (Å²) in [6, 6.07) is 8.38. The van der Waals surface area contributed by atoms with Gasteiger partial charge in [-0.15, -0.1) is 0 Å². The summed E-state index contributed by atoms with van der Waals surface area (Å²) >= 11 is 0. The van der Waals surface area contributed by atoms with Gasteiger partial charge in [0, 0.05) is 24.8 Å². The minimum absolute atomic E-state index is 0.0410. The minimum atomic E-state index is 0.0410. The molecule has 0 spiro atoms. The zero-order valence-electron chi connectivity index (χ0n) is 13.1. The van der Waals surface area contributed by atoms with Crippen LogP contribution in [0.4, 0.5) is 0 Å². The average Bonchev–Trinajstić information content (AvgIpc) is 2.97. The predicted octanol–water partition coefficient (Wildman–Crippen LogP) is 2.13. The van der Waals surface area contributed by atoms with Crippen molar-refractivity contribution in [3.05, 3.63) is 47.8 Å². The Kier molecular flexibility index (Phi) is 3.98. The SMILES string of the molecule is Cc1ccccc1-n1cc(C(=O)N2CC[C@@H](N)C[C@H]2C)cn1. The van der Waals surface area contributed by atoms with E-state index < -0.39 is 0 Å². The van der Waals surface area contributed by atoms with Gasteiger partial charge in [0.1, 0.15) is 0 Å². The molecule has 2 N–H and O–H groups in total. The van der Waals surface area contributed by atoms with Crippen LogP contribution in [-0.4, -0.2) is 39.2 Å². The Morgan fingerprint density at radius 1 is 1.36 bits per heavy atom. The van der Waals surface area contributed by atoms with E-state index in [1.54, 1.807) is 10.9 Å². The van der Waals surface area contributed by atoms with Crippen LogP contribution in [0.1, 0.15) is 35.7 Å². The number of para-hydroxylation sites is 1. The largest absolute Gasteiger partial charge is 0.336 e. The van der Waals surface area contributed by atoms with Crippen LogP contribution in [0.2, 0.25) is 0 Å². The molecule has 116 valence electrons. The summed E-state index contributed by atoms with van der Waals surface area (Å²) < 4.78 is 1.77. The van der Waals surface area contributed by atoms with Crippen LogP contribution in [0.3, 0.4) is 0 Å². The second-order valence-electron chi connectivity index (χ2n) is 6.09. The van der Waals surface area contributed by atoms with E-state index in [9.17, 15) is 4.79 Å². The van der Waals surface area contributed by atoms with Gasteiger partial charge in [-0.1, -0.05) is 18.2 Å². The number of likely N-dealkylation sites (tertiary alicyclic amines) is 1. The molecule has 2 heterocycles. The van der Waals surface area contributed by atoms with Crippen molar-refractivity contribution in [3.8, 4) is 5.69 Å². The highest BCUT2D eigenvalue weighted by molar-refractivity contribution is 5.94. The minimum Gasteiger partial charge on any atom is -0.336 e. The first-order chi connectivity index (χ1) is 10.6. The number of carbonyl (C=O) groups excluding carboxylic acids is 1. The van der Waals surface area contributed by atoms with E-state index in [-0.39, 0.29) is 18.0 Å². The maximum absolute atomic E-state index is 12.7. The van der Waals surface area contributed by atoms with Crippen LogP contribution in [0.5, 0.6) is 0 Å². The molecule has 1 amide bonds. The molecule has 0 radical (unpaired) electrons. The lowest BCUT2D eigenvalue weighted by atomic mass is 9.98. The number of amides is 1. The van der Waals surface area contributed by atoms with Crippen molar-refractivity contribution >= 4 is 5.91 Å². The number of nitrogens with zero attached hydrogens (tertiary/aromatic N) is 3. The number of nitrogens with two attached hydrogens (primary N) is 1. The molecule has 1 saturated heterocycles. The number of piperidine rings is 1. The highest BCUT2D eigenvalue weighted by Crippen LogP contribution is 2.20. The number of rotatable bonds is 2. The van der Waals surface area contributed by atoms with Gasteiger partial charge in [0.05, 0.1) is 17.4 Å². The van der Waals surface area contributed by atoms with Gasteiger partial charge < -0.3 is 10.6 Å². The van der Waals surface area contributed by atoms with Gasteiger partial charge in [0.2, 0.25) is 0 Å². The molecular weight excluding hydrogens is 276 g/mol. The first kappa shape index (κ1) is 14.8. The number of benzene rings is 1. The smallest absolute Gasteiger partial charge is 0.257 e. The molecule has 0 bridgehead atoms. The second kappa shape index (κ2) is 5.93. The van der Waals surface area contributed by atoms with Crippen LogP contribution in [0.15, 0.2) is 36.7 Å². The average molecular weight is 298 g/mol. The van der Waals surface area contributed by atoms with E-state index >= 15 is 0 Å². The third-order valence-corrected chi connectivity index (χ3v) is 4.37. The lowest BCUT2D eigenvalue weighted by molar-refractivity contribution is 0.0619. The first-order valence-corrected chi connectivity index (χ1v) is 7.73. The van der Waals surface area contributed by atoms with Gasteiger partial charge in [0.25, 0.3) is 5.91 Å². The van der Waals surface area contributed by atoms with E-state index in [4.69, 9.17) is 5.73 Å². The molecular formula is C17H22N4O. The lowest BCUT2D eigenvalue weighted by Crippen LogP contribution is -2.48. The van der Waals surface area contributed by atoms with E-state index in [0.717, 1.165) is 30.6 Å². The maximum Gasteiger partial charge on any atom is 0.257 e. The molecule has 0 saturated carbocycles. The normalized spacial score (nSPS) is 21.9. The number of carbonyl (C=O) groups is 1. The third-order valence-electron chi connectivity index (χ3n) is 4.37. The third kappa shape index (κ3) is 2.76.